The van der Waals surface area contributed by atoms with E-state index in [0.29, 0.717) is 6.04 Å². The van der Waals surface area contributed by atoms with Gasteiger partial charge in [0.1, 0.15) is 0 Å². The summed E-state index contributed by atoms with van der Waals surface area (Å²) in [5.41, 5.74) is 1.02. The number of nitro benzene ring substituents is 1. The number of benzene rings is 1. The third-order valence-electron chi connectivity index (χ3n) is 2.56. The van der Waals surface area contributed by atoms with E-state index in [9.17, 15) is 10.1 Å². The van der Waals surface area contributed by atoms with Crippen LogP contribution >= 0.6 is 0 Å². The Bertz CT molecular complexity index is 349. The number of nitro groups is 1. The van der Waals surface area contributed by atoms with Crippen molar-refractivity contribution in [3.8, 4) is 0 Å². The van der Waals surface area contributed by atoms with Gasteiger partial charge in [0, 0.05) is 30.4 Å². The number of rotatable bonds is 5. The Hall–Kier alpha value is -1.62. The number of hydrogen-bond donors (Lipinski definition) is 1. The molecule has 0 aliphatic rings. The first-order valence-corrected chi connectivity index (χ1v) is 5.15. The fraction of sp³-hybridized carbons (Fsp3) is 0.455. The van der Waals surface area contributed by atoms with Crippen molar-refractivity contribution in [3.05, 3.63) is 34.4 Å². The molecule has 0 saturated carbocycles. The lowest BCUT2D eigenvalue weighted by Gasteiger charge is -2.20. The molecular formula is C11H17N3O2. The van der Waals surface area contributed by atoms with Crippen LogP contribution in [0.3, 0.4) is 0 Å². The third kappa shape index (κ3) is 3.51. The maximum absolute atomic E-state index is 10.4. The quantitative estimate of drug-likeness (QED) is 0.612. The van der Waals surface area contributed by atoms with Gasteiger partial charge in [0.25, 0.3) is 5.69 Å². The monoisotopic (exact) mass is 223 g/mol. The summed E-state index contributed by atoms with van der Waals surface area (Å²) in [5.74, 6) is 0. The topological polar surface area (TPSA) is 58.4 Å². The van der Waals surface area contributed by atoms with Gasteiger partial charge in [0.2, 0.25) is 0 Å². The molecule has 16 heavy (non-hydrogen) atoms. The molecule has 1 N–H and O–H groups in total. The molecule has 0 heterocycles. The number of nitrogens with one attached hydrogen (secondary N) is 1. The van der Waals surface area contributed by atoms with Crippen LogP contribution in [-0.4, -0.2) is 36.5 Å². The van der Waals surface area contributed by atoms with E-state index < -0.39 is 4.92 Å². The first-order chi connectivity index (χ1) is 7.50. The Kier molecular flexibility index (Phi) is 4.25. The molecule has 1 aromatic carbocycles. The molecule has 0 spiro atoms. The SMILES string of the molecule is CC(CNc1ccc([N+](=O)[O-])cc1)N(C)C. The number of non-ortho nitro benzene ring substituents is 1. The molecule has 5 nitrogen and oxygen atoms in total. The Morgan fingerprint density at radius 1 is 1.38 bits per heavy atom. The fourth-order valence-electron chi connectivity index (χ4n) is 1.15. The van der Waals surface area contributed by atoms with E-state index in [1.165, 1.54) is 12.1 Å². The molecule has 5 heteroatoms. The normalized spacial score (nSPS) is 12.5. The Balaban J connectivity index is 2.53. The minimum atomic E-state index is -0.397. The summed E-state index contributed by atoms with van der Waals surface area (Å²) in [4.78, 5) is 12.2. The van der Waals surface area contributed by atoms with Crippen molar-refractivity contribution in [1.82, 2.24) is 4.90 Å². The van der Waals surface area contributed by atoms with Crippen molar-refractivity contribution < 1.29 is 4.92 Å². The van der Waals surface area contributed by atoms with Gasteiger partial charge in [-0.3, -0.25) is 10.1 Å². The van der Waals surface area contributed by atoms with Gasteiger partial charge in [-0.05, 0) is 33.2 Å². The van der Waals surface area contributed by atoms with Crippen molar-refractivity contribution >= 4 is 11.4 Å². The van der Waals surface area contributed by atoms with Crippen LogP contribution in [0.2, 0.25) is 0 Å². The standard InChI is InChI=1S/C11H17N3O2/c1-9(13(2)3)8-12-10-4-6-11(7-5-10)14(15)16/h4-7,9,12H,8H2,1-3H3. The van der Waals surface area contributed by atoms with E-state index >= 15 is 0 Å². The van der Waals surface area contributed by atoms with Crippen LogP contribution in [0, 0.1) is 10.1 Å². The molecule has 0 aliphatic heterocycles. The molecule has 1 unspecified atom stereocenters. The summed E-state index contributed by atoms with van der Waals surface area (Å²) >= 11 is 0. The molecule has 88 valence electrons. The Labute approximate surface area is 95.2 Å². The van der Waals surface area contributed by atoms with Crippen molar-refractivity contribution in [3.63, 3.8) is 0 Å². The average molecular weight is 223 g/mol. The highest BCUT2D eigenvalue weighted by Gasteiger charge is 2.06. The van der Waals surface area contributed by atoms with Crippen LogP contribution in [0.15, 0.2) is 24.3 Å². The molecule has 1 atom stereocenters. The van der Waals surface area contributed by atoms with E-state index in [0.717, 1.165) is 12.2 Å². The van der Waals surface area contributed by atoms with Gasteiger partial charge in [-0.25, -0.2) is 0 Å². The first kappa shape index (κ1) is 12.4. The van der Waals surface area contributed by atoms with Gasteiger partial charge in [-0.2, -0.15) is 0 Å². The van der Waals surface area contributed by atoms with Crippen molar-refractivity contribution in [2.75, 3.05) is 26.0 Å². The second-order valence-electron chi connectivity index (χ2n) is 4.00. The van der Waals surface area contributed by atoms with E-state index in [1.807, 2.05) is 14.1 Å². The largest absolute Gasteiger partial charge is 0.383 e. The van der Waals surface area contributed by atoms with Gasteiger partial charge < -0.3 is 10.2 Å². The third-order valence-corrected chi connectivity index (χ3v) is 2.56. The van der Waals surface area contributed by atoms with Crippen molar-refractivity contribution in [1.29, 1.82) is 0 Å². The molecule has 0 saturated heterocycles. The van der Waals surface area contributed by atoms with Crippen molar-refractivity contribution in [2.24, 2.45) is 0 Å². The van der Waals surface area contributed by atoms with Gasteiger partial charge in [-0.1, -0.05) is 0 Å². The first-order valence-electron chi connectivity index (χ1n) is 5.15. The molecule has 1 rings (SSSR count). The lowest BCUT2D eigenvalue weighted by molar-refractivity contribution is -0.384. The summed E-state index contributed by atoms with van der Waals surface area (Å²) < 4.78 is 0. The van der Waals surface area contributed by atoms with Crippen LogP contribution in [-0.2, 0) is 0 Å². The second-order valence-corrected chi connectivity index (χ2v) is 4.00. The summed E-state index contributed by atoms with van der Waals surface area (Å²) in [6.45, 7) is 2.92. The van der Waals surface area contributed by atoms with E-state index in [4.69, 9.17) is 0 Å². The van der Waals surface area contributed by atoms with Crippen LogP contribution in [0.1, 0.15) is 6.92 Å². The summed E-state index contributed by atoms with van der Waals surface area (Å²) in [6, 6.07) is 6.86. The van der Waals surface area contributed by atoms with Crippen molar-refractivity contribution in [2.45, 2.75) is 13.0 Å². The van der Waals surface area contributed by atoms with E-state index in [-0.39, 0.29) is 5.69 Å². The molecule has 0 amide bonds. The van der Waals surface area contributed by atoms with Crippen LogP contribution in [0.4, 0.5) is 11.4 Å². The summed E-state index contributed by atoms with van der Waals surface area (Å²) in [6.07, 6.45) is 0. The number of nitrogens with zero attached hydrogens (tertiary/aromatic N) is 2. The maximum atomic E-state index is 10.4. The highest BCUT2D eigenvalue weighted by atomic mass is 16.6. The van der Waals surface area contributed by atoms with Crippen LogP contribution < -0.4 is 5.32 Å². The second kappa shape index (κ2) is 5.46. The molecule has 1 aromatic rings. The smallest absolute Gasteiger partial charge is 0.269 e. The zero-order valence-electron chi connectivity index (χ0n) is 9.80. The maximum Gasteiger partial charge on any atom is 0.269 e. The number of hydrogen-bond acceptors (Lipinski definition) is 4. The molecule has 0 aromatic heterocycles. The zero-order chi connectivity index (χ0) is 12.1. The van der Waals surface area contributed by atoms with Gasteiger partial charge >= 0.3 is 0 Å². The predicted octanol–water partition coefficient (Wildman–Crippen LogP) is 1.96. The summed E-state index contributed by atoms with van der Waals surface area (Å²) in [7, 11) is 4.03. The van der Waals surface area contributed by atoms with Crippen LogP contribution in [0.5, 0.6) is 0 Å². The number of anilines is 1. The lowest BCUT2D eigenvalue weighted by atomic mass is 10.2. The molecule has 0 radical (unpaired) electrons. The van der Waals surface area contributed by atoms with Gasteiger partial charge in [0.15, 0.2) is 0 Å². The number of likely N-dealkylation sites (N-methyl/N-ethyl adjacent to an activating group) is 1. The van der Waals surface area contributed by atoms with E-state index in [2.05, 4.69) is 17.1 Å². The lowest BCUT2D eigenvalue weighted by Crippen LogP contribution is -2.31. The minimum absolute atomic E-state index is 0.117. The minimum Gasteiger partial charge on any atom is -0.383 e. The fourth-order valence-corrected chi connectivity index (χ4v) is 1.15. The summed E-state index contributed by atoms with van der Waals surface area (Å²) in [5, 5.41) is 13.7. The highest BCUT2D eigenvalue weighted by Crippen LogP contribution is 2.15. The highest BCUT2D eigenvalue weighted by molar-refractivity contribution is 5.48. The van der Waals surface area contributed by atoms with E-state index in [1.54, 1.807) is 12.1 Å². The van der Waals surface area contributed by atoms with Gasteiger partial charge in [-0.15, -0.1) is 0 Å². The molecule has 0 bridgehead atoms. The molecule has 0 aliphatic carbocycles. The predicted molar refractivity (Wildman–Crippen MR) is 64.7 cm³/mol. The van der Waals surface area contributed by atoms with Gasteiger partial charge in [0.05, 0.1) is 4.92 Å². The zero-order valence-corrected chi connectivity index (χ0v) is 9.80. The Morgan fingerprint density at radius 3 is 2.38 bits per heavy atom. The molecular weight excluding hydrogens is 206 g/mol. The van der Waals surface area contributed by atoms with Crippen LogP contribution in [0.25, 0.3) is 0 Å². The average Bonchev–Trinajstić information content (AvgIpc) is 2.26. The molecule has 0 fully saturated rings. The Morgan fingerprint density at radius 2 is 1.94 bits per heavy atom.